The molecule has 4 heteroatoms. The maximum atomic E-state index is 5.45. The first-order valence-corrected chi connectivity index (χ1v) is 9.94. The Labute approximate surface area is 77.8 Å². The van der Waals surface area contributed by atoms with E-state index >= 15 is 0 Å². The van der Waals surface area contributed by atoms with Crippen LogP contribution in [0.1, 0.15) is 0 Å². The largest absolute Gasteiger partial charge is 0.395 e. The quantitative estimate of drug-likeness (QED) is 0.640. The van der Waals surface area contributed by atoms with Crippen molar-refractivity contribution >= 4 is 16.6 Å². The van der Waals surface area contributed by atoms with Crippen molar-refractivity contribution in [2.24, 2.45) is 0 Å². The van der Waals surface area contributed by atoms with Crippen LogP contribution in [-0.4, -0.2) is 30.9 Å². The van der Waals surface area contributed by atoms with Crippen molar-refractivity contribution in [2.75, 3.05) is 14.2 Å². The zero-order chi connectivity index (χ0) is 9.83. The number of hydrogen-bond acceptors (Lipinski definition) is 2. The van der Waals surface area contributed by atoms with E-state index in [9.17, 15) is 0 Å². The lowest BCUT2D eigenvalue weighted by Gasteiger charge is -2.29. The molecule has 12 heavy (non-hydrogen) atoms. The van der Waals surface area contributed by atoms with Gasteiger partial charge in [0.15, 0.2) is 0 Å². The van der Waals surface area contributed by atoms with Gasteiger partial charge in [0.2, 0.25) is 0 Å². The van der Waals surface area contributed by atoms with E-state index < -0.39 is 16.6 Å². The summed E-state index contributed by atoms with van der Waals surface area (Å²) in [6.45, 7) is 10.7. The van der Waals surface area contributed by atoms with E-state index in [2.05, 4.69) is 26.2 Å². The summed E-state index contributed by atoms with van der Waals surface area (Å²) < 4.78 is 10.9. The van der Waals surface area contributed by atoms with Crippen molar-refractivity contribution in [3.8, 4) is 0 Å². The predicted octanol–water partition coefficient (Wildman–Crippen LogP) is 2.32. The van der Waals surface area contributed by atoms with Gasteiger partial charge in [0.25, 0.3) is 0 Å². The van der Waals surface area contributed by atoms with Crippen molar-refractivity contribution in [3.05, 3.63) is 12.3 Å². The van der Waals surface area contributed by atoms with Gasteiger partial charge in [-0.3, -0.25) is 0 Å². The highest BCUT2D eigenvalue weighted by molar-refractivity contribution is 6.92. The van der Waals surface area contributed by atoms with Crippen LogP contribution in [0.3, 0.4) is 0 Å². The molecule has 0 saturated carbocycles. The molecule has 0 amide bonds. The summed E-state index contributed by atoms with van der Waals surface area (Å²) in [4.78, 5) is 0. The summed E-state index contributed by atoms with van der Waals surface area (Å²) in [5.74, 6) is 0. The van der Waals surface area contributed by atoms with Crippen LogP contribution < -0.4 is 0 Å². The monoisotopic (exact) mass is 204 g/mol. The second-order valence-corrected chi connectivity index (χ2v) is 13.5. The van der Waals surface area contributed by atoms with Gasteiger partial charge in [-0.2, -0.15) is 0 Å². The van der Waals surface area contributed by atoms with E-state index in [0.717, 1.165) is 5.67 Å². The van der Waals surface area contributed by atoms with Crippen molar-refractivity contribution in [1.29, 1.82) is 0 Å². The van der Waals surface area contributed by atoms with E-state index in [1.54, 1.807) is 14.2 Å². The van der Waals surface area contributed by atoms with Crippen LogP contribution in [0.4, 0.5) is 0 Å². The van der Waals surface area contributed by atoms with Crippen molar-refractivity contribution in [1.82, 2.24) is 0 Å². The van der Waals surface area contributed by atoms with Crippen LogP contribution >= 0.6 is 0 Å². The first-order chi connectivity index (χ1) is 5.39. The highest BCUT2D eigenvalue weighted by Gasteiger charge is 2.37. The second-order valence-electron chi connectivity index (χ2n) is 4.16. The standard InChI is InChI=1S/C8H20O2Si2/c1-7-12(9-2,10-3)8-11(4,5)6/h7H,1,8H2,2-6H3. The van der Waals surface area contributed by atoms with Gasteiger partial charge in [-0.05, 0) is 11.4 Å². The summed E-state index contributed by atoms with van der Waals surface area (Å²) in [6, 6.07) is 0. The van der Waals surface area contributed by atoms with Crippen molar-refractivity contribution < 1.29 is 8.85 Å². The minimum Gasteiger partial charge on any atom is -0.395 e. The summed E-state index contributed by atoms with van der Waals surface area (Å²) >= 11 is 0. The predicted molar refractivity (Wildman–Crippen MR) is 58.1 cm³/mol. The van der Waals surface area contributed by atoms with Gasteiger partial charge in [-0.1, -0.05) is 19.6 Å². The molecule has 0 atom stereocenters. The summed E-state index contributed by atoms with van der Waals surface area (Å²) in [6.07, 6.45) is 0. The lowest BCUT2D eigenvalue weighted by Crippen LogP contribution is -2.45. The summed E-state index contributed by atoms with van der Waals surface area (Å²) in [5.41, 5.74) is 2.96. The topological polar surface area (TPSA) is 18.5 Å². The molecule has 0 heterocycles. The summed E-state index contributed by atoms with van der Waals surface area (Å²) in [7, 11) is 0.297. The van der Waals surface area contributed by atoms with E-state index in [4.69, 9.17) is 8.85 Å². The molecule has 2 nitrogen and oxygen atoms in total. The summed E-state index contributed by atoms with van der Waals surface area (Å²) in [5, 5.41) is 0. The molecular formula is C8H20O2Si2. The second kappa shape index (κ2) is 4.36. The molecular weight excluding hydrogens is 184 g/mol. The zero-order valence-electron chi connectivity index (χ0n) is 8.81. The normalized spacial score (nSPS) is 13.1. The molecule has 0 fully saturated rings. The first-order valence-electron chi connectivity index (χ1n) is 4.13. The van der Waals surface area contributed by atoms with Crippen LogP contribution in [0.15, 0.2) is 12.3 Å². The average Bonchev–Trinajstić information content (AvgIpc) is 1.99. The Balaban J connectivity index is 4.41. The number of rotatable bonds is 5. The van der Waals surface area contributed by atoms with Crippen LogP contribution in [0.5, 0.6) is 0 Å². The van der Waals surface area contributed by atoms with E-state index in [-0.39, 0.29) is 0 Å². The molecule has 0 aromatic carbocycles. The van der Waals surface area contributed by atoms with Crippen LogP contribution in [-0.2, 0) is 8.85 Å². The Morgan fingerprint density at radius 2 is 1.58 bits per heavy atom. The molecule has 0 aromatic rings. The molecule has 0 radical (unpaired) electrons. The van der Waals surface area contributed by atoms with Gasteiger partial charge in [-0.25, -0.2) is 0 Å². The number of hydrogen-bond donors (Lipinski definition) is 0. The lowest BCUT2D eigenvalue weighted by atomic mass is 11.3. The van der Waals surface area contributed by atoms with E-state index in [1.165, 1.54) is 0 Å². The maximum absolute atomic E-state index is 5.45. The Morgan fingerprint density at radius 3 is 1.67 bits per heavy atom. The molecule has 72 valence electrons. The van der Waals surface area contributed by atoms with Gasteiger partial charge in [0.05, 0.1) is 0 Å². The van der Waals surface area contributed by atoms with Gasteiger partial charge in [0, 0.05) is 22.3 Å². The molecule has 0 saturated heterocycles. The van der Waals surface area contributed by atoms with Crippen molar-refractivity contribution in [3.63, 3.8) is 0 Å². The third kappa shape index (κ3) is 3.66. The fourth-order valence-electron chi connectivity index (χ4n) is 1.21. The highest BCUT2D eigenvalue weighted by atomic mass is 28.4. The van der Waals surface area contributed by atoms with Gasteiger partial charge >= 0.3 is 8.56 Å². The van der Waals surface area contributed by atoms with Crippen LogP contribution in [0.2, 0.25) is 25.3 Å². The zero-order valence-corrected chi connectivity index (χ0v) is 10.8. The molecule has 0 aliphatic rings. The Hall–Kier alpha value is 0.0938. The average molecular weight is 204 g/mol. The molecule has 0 bridgehead atoms. The minimum atomic E-state index is -2.03. The molecule has 0 aromatic heterocycles. The Bertz CT molecular complexity index is 148. The molecule has 0 rings (SSSR count). The van der Waals surface area contributed by atoms with Gasteiger partial charge < -0.3 is 8.85 Å². The lowest BCUT2D eigenvalue weighted by molar-refractivity contribution is 0.261. The third-order valence-corrected chi connectivity index (χ3v) is 10.00. The molecule has 0 spiro atoms. The SMILES string of the molecule is C=C[Si](C[Si](C)(C)C)(OC)OC. The fraction of sp³-hybridized carbons (Fsp3) is 0.750. The van der Waals surface area contributed by atoms with Crippen molar-refractivity contribution in [2.45, 2.75) is 25.3 Å². The molecule has 0 N–H and O–H groups in total. The van der Waals surface area contributed by atoms with Crippen LogP contribution in [0.25, 0.3) is 0 Å². The molecule has 0 aliphatic heterocycles. The van der Waals surface area contributed by atoms with E-state index in [1.807, 2.05) is 5.70 Å². The van der Waals surface area contributed by atoms with Gasteiger partial charge in [0.1, 0.15) is 0 Å². The molecule has 0 unspecified atom stereocenters. The smallest absolute Gasteiger partial charge is 0.361 e. The minimum absolute atomic E-state index is 1.08. The third-order valence-electron chi connectivity index (χ3n) is 1.78. The Kier molecular flexibility index (Phi) is 4.40. The maximum Gasteiger partial charge on any atom is 0.361 e. The highest BCUT2D eigenvalue weighted by Crippen LogP contribution is 2.21. The first kappa shape index (κ1) is 12.1. The van der Waals surface area contributed by atoms with Crippen LogP contribution in [0, 0.1) is 0 Å². The van der Waals surface area contributed by atoms with E-state index in [0.29, 0.717) is 0 Å². The molecule has 0 aliphatic carbocycles. The fourth-order valence-corrected chi connectivity index (χ4v) is 9.35. The van der Waals surface area contributed by atoms with Gasteiger partial charge in [-0.15, -0.1) is 6.58 Å². The Morgan fingerprint density at radius 1 is 1.17 bits per heavy atom.